The highest BCUT2D eigenvalue weighted by atomic mass is 16.5. The first-order valence-corrected chi connectivity index (χ1v) is 4.29. The van der Waals surface area contributed by atoms with E-state index in [4.69, 9.17) is 0 Å². The van der Waals surface area contributed by atoms with Gasteiger partial charge in [0.25, 0.3) is 0 Å². The minimum absolute atomic E-state index is 0.105. The van der Waals surface area contributed by atoms with Crippen LogP contribution in [0.25, 0.3) is 0 Å². The van der Waals surface area contributed by atoms with Crippen LogP contribution in [0.3, 0.4) is 0 Å². The summed E-state index contributed by atoms with van der Waals surface area (Å²) >= 11 is 0. The highest BCUT2D eigenvalue weighted by Crippen LogP contribution is 1.94. The Balaban J connectivity index is 0. The van der Waals surface area contributed by atoms with Gasteiger partial charge in [-0.15, -0.1) is 0 Å². The van der Waals surface area contributed by atoms with E-state index in [1.807, 2.05) is 6.92 Å². The highest BCUT2D eigenvalue weighted by Gasteiger charge is 1.95. The number of carbonyl (C=O) groups is 1. The minimum atomic E-state index is -0.105. The quantitative estimate of drug-likeness (QED) is 0.593. The van der Waals surface area contributed by atoms with Crippen molar-refractivity contribution in [2.75, 3.05) is 7.11 Å². The summed E-state index contributed by atoms with van der Waals surface area (Å²) in [5.74, 6) is -0.105. The van der Waals surface area contributed by atoms with Crippen molar-refractivity contribution in [3.05, 3.63) is 0 Å². The van der Waals surface area contributed by atoms with Crippen molar-refractivity contribution in [3.63, 3.8) is 0 Å². The molecule has 0 aromatic rings. The van der Waals surface area contributed by atoms with E-state index >= 15 is 0 Å². The molecular weight excluding hydrogens is 140 g/mol. The Bertz CT molecular complexity index is 79.6. The molecule has 11 heavy (non-hydrogen) atoms. The molecule has 68 valence electrons. The lowest BCUT2D eigenvalue weighted by Crippen LogP contribution is -1.98. The second kappa shape index (κ2) is 12.2. The van der Waals surface area contributed by atoms with Crippen molar-refractivity contribution < 1.29 is 9.53 Å². The molecule has 0 rings (SSSR count). The SMILES string of the molecule is CCC.CCCCC(=O)OC. The van der Waals surface area contributed by atoms with Gasteiger partial charge in [0, 0.05) is 6.42 Å². The Morgan fingerprint density at radius 1 is 1.27 bits per heavy atom. The van der Waals surface area contributed by atoms with Gasteiger partial charge in [-0.2, -0.15) is 0 Å². The fraction of sp³-hybridized carbons (Fsp3) is 0.889. The molecule has 0 aliphatic rings. The predicted octanol–water partition coefficient (Wildman–Crippen LogP) is 2.77. The van der Waals surface area contributed by atoms with Gasteiger partial charge in [0.05, 0.1) is 7.11 Å². The number of methoxy groups -OCH3 is 1. The Morgan fingerprint density at radius 3 is 2.00 bits per heavy atom. The molecule has 0 saturated heterocycles. The smallest absolute Gasteiger partial charge is 0.305 e. The molecule has 0 saturated carbocycles. The lowest BCUT2D eigenvalue weighted by atomic mass is 10.3. The van der Waals surface area contributed by atoms with Gasteiger partial charge in [0.1, 0.15) is 0 Å². The normalized spacial score (nSPS) is 8.00. The number of hydrogen-bond acceptors (Lipinski definition) is 2. The van der Waals surface area contributed by atoms with Crippen LogP contribution in [0.15, 0.2) is 0 Å². The van der Waals surface area contributed by atoms with Crippen LogP contribution in [0, 0.1) is 0 Å². The lowest BCUT2D eigenvalue weighted by molar-refractivity contribution is -0.140. The largest absolute Gasteiger partial charge is 0.469 e. The third-order valence-corrected chi connectivity index (χ3v) is 0.962. The first-order chi connectivity index (χ1) is 5.22. The second-order valence-electron chi connectivity index (χ2n) is 2.39. The molecule has 0 spiro atoms. The van der Waals surface area contributed by atoms with E-state index in [1.54, 1.807) is 0 Å². The van der Waals surface area contributed by atoms with Gasteiger partial charge in [0.2, 0.25) is 0 Å². The topological polar surface area (TPSA) is 26.3 Å². The number of hydrogen-bond donors (Lipinski definition) is 0. The van der Waals surface area contributed by atoms with Crippen molar-refractivity contribution >= 4 is 5.97 Å². The standard InChI is InChI=1S/C6H12O2.C3H8/c1-3-4-5-6(7)8-2;1-3-2/h3-5H2,1-2H3;3H2,1-2H3. The summed E-state index contributed by atoms with van der Waals surface area (Å²) in [7, 11) is 1.41. The zero-order chi connectivity index (χ0) is 9.11. The van der Waals surface area contributed by atoms with Crippen LogP contribution in [0.5, 0.6) is 0 Å². The van der Waals surface area contributed by atoms with Gasteiger partial charge in [-0.25, -0.2) is 0 Å². The number of carbonyl (C=O) groups excluding carboxylic acids is 1. The number of ether oxygens (including phenoxy) is 1. The Hall–Kier alpha value is -0.530. The minimum Gasteiger partial charge on any atom is -0.469 e. The van der Waals surface area contributed by atoms with Crippen LogP contribution < -0.4 is 0 Å². The molecule has 0 aliphatic carbocycles. The molecule has 0 aromatic carbocycles. The third-order valence-electron chi connectivity index (χ3n) is 0.962. The molecule has 0 N–H and O–H groups in total. The molecular formula is C9H20O2. The molecule has 0 radical (unpaired) electrons. The van der Waals surface area contributed by atoms with Crippen molar-refractivity contribution in [2.45, 2.75) is 46.5 Å². The fourth-order valence-electron chi connectivity index (χ4n) is 0.423. The van der Waals surface area contributed by atoms with E-state index in [2.05, 4.69) is 18.6 Å². The highest BCUT2D eigenvalue weighted by molar-refractivity contribution is 5.68. The van der Waals surface area contributed by atoms with E-state index in [0.29, 0.717) is 6.42 Å². The zero-order valence-corrected chi connectivity index (χ0v) is 8.14. The monoisotopic (exact) mass is 160 g/mol. The number of rotatable bonds is 3. The van der Waals surface area contributed by atoms with Crippen molar-refractivity contribution in [3.8, 4) is 0 Å². The molecule has 0 amide bonds. The van der Waals surface area contributed by atoms with Gasteiger partial charge in [0.15, 0.2) is 0 Å². The van der Waals surface area contributed by atoms with Crippen molar-refractivity contribution in [1.82, 2.24) is 0 Å². The van der Waals surface area contributed by atoms with E-state index in [1.165, 1.54) is 13.5 Å². The first-order valence-electron chi connectivity index (χ1n) is 4.29. The van der Waals surface area contributed by atoms with Crippen LogP contribution in [0.2, 0.25) is 0 Å². The van der Waals surface area contributed by atoms with Gasteiger partial charge >= 0.3 is 5.97 Å². The molecule has 0 aliphatic heterocycles. The maximum atomic E-state index is 10.3. The molecule has 0 atom stereocenters. The first kappa shape index (κ1) is 13.1. The van der Waals surface area contributed by atoms with Crippen LogP contribution in [0.4, 0.5) is 0 Å². The molecule has 0 fully saturated rings. The maximum absolute atomic E-state index is 10.3. The van der Waals surface area contributed by atoms with E-state index < -0.39 is 0 Å². The summed E-state index contributed by atoms with van der Waals surface area (Å²) in [5, 5.41) is 0. The number of esters is 1. The van der Waals surface area contributed by atoms with Gasteiger partial charge in [-0.1, -0.05) is 33.6 Å². The average Bonchev–Trinajstić information content (AvgIpc) is 2.02. The summed E-state index contributed by atoms with van der Waals surface area (Å²) in [6, 6.07) is 0. The fourth-order valence-corrected chi connectivity index (χ4v) is 0.423. The molecule has 0 heterocycles. The molecule has 0 unspecified atom stereocenters. The summed E-state index contributed by atoms with van der Waals surface area (Å²) < 4.78 is 4.41. The molecule has 0 bridgehead atoms. The van der Waals surface area contributed by atoms with E-state index in [0.717, 1.165) is 12.8 Å². The molecule has 2 heteroatoms. The van der Waals surface area contributed by atoms with E-state index in [-0.39, 0.29) is 5.97 Å². The summed E-state index contributed by atoms with van der Waals surface area (Å²) in [6.45, 7) is 6.29. The van der Waals surface area contributed by atoms with Crippen LogP contribution >= 0.6 is 0 Å². The van der Waals surface area contributed by atoms with Crippen LogP contribution in [-0.4, -0.2) is 13.1 Å². The predicted molar refractivity (Wildman–Crippen MR) is 47.5 cm³/mol. The second-order valence-corrected chi connectivity index (χ2v) is 2.39. The Labute approximate surface area is 69.9 Å². The summed E-state index contributed by atoms with van der Waals surface area (Å²) in [4.78, 5) is 10.3. The van der Waals surface area contributed by atoms with Gasteiger partial charge in [-0.05, 0) is 6.42 Å². The van der Waals surface area contributed by atoms with Crippen LogP contribution in [0.1, 0.15) is 46.5 Å². The van der Waals surface area contributed by atoms with Gasteiger partial charge in [-0.3, -0.25) is 4.79 Å². The van der Waals surface area contributed by atoms with Crippen LogP contribution in [-0.2, 0) is 9.53 Å². The molecule has 2 nitrogen and oxygen atoms in total. The maximum Gasteiger partial charge on any atom is 0.305 e. The Morgan fingerprint density at radius 2 is 1.73 bits per heavy atom. The average molecular weight is 160 g/mol. The van der Waals surface area contributed by atoms with Crippen molar-refractivity contribution in [2.24, 2.45) is 0 Å². The van der Waals surface area contributed by atoms with Crippen molar-refractivity contribution in [1.29, 1.82) is 0 Å². The summed E-state index contributed by atoms with van der Waals surface area (Å²) in [6.07, 6.45) is 3.80. The Kier molecular flexibility index (Phi) is 14.5. The van der Waals surface area contributed by atoms with Gasteiger partial charge < -0.3 is 4.74 Å². The van der Waals surface area contributed by atoms with E-state index in [9.17, 15) is 4.79 Å². The molecule has 0 aromatic heterocycles. The zero-order valence-electron chi connectivity index (χ0n) is 8.14. The summed E-state index contributed by atoms with van der Waals surface area (Å²) in [5.41, 5.74) is 0. The number of unbranched alkanes of at least 4 members (excludes halogenated alkanes) is 1. The lowest BCUT2D eigenvalue weighted by Gasteiger charge is -1.93. The third kappa shape index (κ3) is 17.7.